The molecule has 2 N–H and O–H groups in total. The fraction of sp³-hybridized carbons (Fsp3) is 0.571. The van der Waals surface area contributed by atoms with Crippen molar-refractivity contribution in [3.63, 3.8) is 0 Å². The van der Waals surface area contributed by atoms with Gasteiger partial charge in [0.1, 0.15) is 12.4 Å². The van der Waals surface area contributed by atoms with Crippen LogP contribution in [0.3, 0.4) is 0 Å². The predicted octanol–water partition coefficient (Wildman–Crippen LogP) is 2.64. The molecule has 110 valence electrons. The minimum Gasteiger partial charge on any atom is -0.497 e. The van der Waals surface area contributed by atoms with Gasteiger partial charge >= 0.3 is 5.69 Å². The van der Waals surface area contributed by atoms with E-state index in [2.05, 4.69) is 0 Å². The molecule has 0 atom stereocenters. The standard InChI is InChI=1S/C14H20N2O4/c1-19-11-5-6-12(16(17)18)13(9-11)20-10-14(15)7-3-2-4-8-14/h5-6,9H,2-4,7-8,10,15H2,1H3. The van der Waals surface area contributed by atoms with Crippen molar-refractivity contribution >= 4 is 5.69 Å². The Labute approximate surface area is 118 Å². The van der Waals surface area contributed by atoms with Gasteiger partial charge in [-0.15, -0.1) is 0 Å². The number of nitro groups is 1. The highest BCUT2D eigenvalue weighted by Crippen LogP contribution is 2.33. The van der Waals surface area contributed by atoms with Crippen LogP contribution in [0.5, 0.6) is 11.5 Å². The maximum absolute atomic E-state index is 11.0. The number of methoxy groups -OCH3 is 1. The molecule has 20 heavy (non-hydrogen) atoms. The highest BCUT2D eigenvalue weighted by Gasteiger charge is 2.29. The molecule has 0 radical (unpaired) electrons. The van der Waals surface area contributed by atoms with Crippen LogP contribution in [0, 0.1) is 10.1 Å². The van der Waals surface area contributed by atoms with Crippen molar-refractivity contribution < 1.29 is 14.4 Å². The van der Waals surface area contributed by atoms with Gasteiger partial charge in [-0.25, -0.2) is 0 Å². The van der Waals surface area contributed by atoms with E-state index in [1.54, 1.807) is 6.07 Å². The maximum Gasteiger partial charge on any atom is 0.311 e. The summed E-state index contributed by atoms with van der Waals surface area (Å²) in [6.07, 6.45) is 5.15. The van der Waals surface area contributed by atoms with Crippen molar-refractivity contribution in [2.45, 2.75) is 37.6 Å². The molecule has 0 heterocycles. The molecule has 1 aliphatic rings. The number of rotatable bonds is 5. The predicted molar refractivity (Wildman–Crippen MR) is 75.1 cm³/mol. The summed E-state index contributed by atoms with van der Waals surface area (Å²) in [6.45, 7) is 0.293. The van der Waals surface area contributed by atoms with Gasteiger partial charge in [-0.3, -0.25) is 10.1 Å². The second-order valence-corrected chi connectivity index (χ2v) is 5.30. The lowest BCUT2D eigenvalue weighted by atomic mass is 9.83. The van der Waals surface area contributed by atoms with Crippen molar-refractivity contribution in [1.82, 2.24) is 0 Å². The zero-order chi connectivity index (χ0) is 14.6. The number of nitro benzene ring substituents is 1. The topological polar surface area (TPSA) is 87.6 Å². The summed E-state index contributed by atoms with van der Waals surface area (Å²) >= 11 is 0. The number of ether oxygens (including phenoxy) is 2. The van der Waals surface area contributed by atoms with Crippen LogP contribution in [0.15, 0.2) is 18.2 Å². The van der Waals surface area contributed by atoms with Gasteiger partial charge in [0.15, 0.2) is 0 Å². The molecule has 1 fully saturated rings. The number of hydrogen-bond donors (Lipinski definition) is 1. The average Bonchev–Trinajstić information content (AvgIpc) is 2.45. The molecule has 0 aromatic heterocycles. The first-order chi connectivity index (χ1) is 9.54. The van der Waals surface area contributed by atoms with Crippen molar-refractivity contribution in [2.75, 3.05) is 13.7 Å². The lowest BCUT2D eigenvalue weighted by Crippen LogP contribution is -2.47. The Morgan fingerprint density at radius 1 is 1.35 bits per heavy atom. The summed E-state index contributed by atoms with van der Waals surface area (Å²) in [4.78, 5) is 10.5. The molecule has 1 aromatic carbocycles. The van der Waals surface area contributed by atoms with E-state index >= 15 is 0 Å². The molecule has 1 aliphatic carbocycles. The van der Waals surface area contributed by atoms with Gasteiger partial charge in [0.2, 0.25) is 5.75 Å². The summed E-state index contributed by atoms with van der Waals surface area (Å²) in [5.74, 6) is 0.741. The van der Waals surface area contributed by atoms with E-state index in [-0.39, 0.29) is 17.0 Å². The van der Waals surface area contributed by atoms with E-state index < -0.39 is 4.92 Å². The molecule has 0 bridgehead atoms. The highest BCUT2D eigenvalue weighted by molar-refractivity contribution is 5.50. The Morgan fingerprint density at radius 2 is 2.05 bits per heavy atom. The molecule has 1 saturated carbocycles. The summed E-state index contributed by atoms with van der Waals surface area (Å²) in [7, 11) is 1.51. The Balaban J connectivity index is 2.12. The van der Waals surface area contributed by atoms with Crippen molar-refractivity contribution in [3.05, 3.63) is 28.3 Å². The number of hydrogen-bond acceptors (Lipinski definition) is 5. The number of nitrogens with two attached hydrogens (primary N) is 1. The van der Waals surface area contributed by atoms with E-state index in [1.807, 2.05) is 0 Å². The Bertz CT molecular complexity index is 484. The van der Waals surface area contributed by atoms with Crippen LogP contribution in [0.25, 0.3) is 0 Å². The van der Waals surface area contributed by atoms with Crippen LogP contribution in [0.4, 0.5) is 5.69 Å². The van der Waals surface area contributed by atoms with Gasteiger partial charge in [-0.1, -0.05) is 19.3 Å². The van der Waals surface area contributed by atoms with E-state index in [1.165, 1.54) is 25.7 Å². The van der Waals surface area contributed by atoms with Crippen molar-refractivity contribution in [3.8, 4) is 11.5 Å². The Hall–Kier alpha value is -1.82. The van der Waals surface area contributed by atoms with Crippen LogP contribution in [-0.4, -0.2) is 24.2 Å². The molecule has 6 nitrogen and oxygen atoms in total. The molecular formula is C14H20N2O4. The van der Waals surface area contributed by atoms with Crippen LogP contribution < -0.4 is 15.2 Å². The maximum atomic E-state index is 11.0. The Morgan fingerprint density at radius 3 is 2.65 bits per heavy atom. The lowest BCUT2D eigenvalue weighted by Gasteiger charge is -2.32. The van der Waals surface area contributed by atoms with Crippen LogP contribution in [0.2, 0.25) is 0 Å². The first-order valence-corrected chi connectivity index (χ1v) is 6.78. The highest BCUT2D eigenvalue weighted by atomic mass is 16.6. The smallest absolute Gasteiger partial charge is 0.311 e. The molecule has 2 rings (SSSR count). The summed E-state index contributed by atoms with van der Waals surface area (Å²) < 4.78 is 10.7. The minimum absolute atomic E-state index is 0.0646. The zero-order valence-corrected chi connectivity index (χ0v) is 11.6. The quantitative estimate of drug-likeness (QED) is 0.661. The van der Waals surface area contributed by atoms with Crippen LogP contribution in [0.1, 0.15) is 32.1 Å². The van der Waals surface area contributed by atoms with Gasteiger partial charge in [0.25, 0.3) is 0 Å². The fourth-order valence-corrected chi connectivity index (χ4v) is 2.51. The van der Waals surface area contributed by atoms with Crippen LogP contribution >= 0.6 is 0 Å². The third-order valence-electron chi connectivity index (χ3n) is 3.73. The van der Waals surface area contributed by atoms with E-state index in [9.17, 15) is 10.1 Å². The zero-order valence-electron chi connectivity index (χ0n) is 11.6. The molecule has 0 aliphatic heterocycles. The largest absolute Gasteiger partial charge is 0.497 e. The van der Waals surface area contributed by atoms with E-state index in [0.29, 0.717) is 12.4 Å². The fourth-order valence-electron chi connectivity index (χ4n) is 2.51. The van der Waals surface area contributed by atoms with Gasteiger partial charge in [0.05, 0.1) is 17.6 Å². The van der Waals surface area contributed by atoms with E-state index in [0.717, 1.165) is 25.7 Å². The Kier molecular flexibility index (Phi) is 4.44. The third-order valence-corrected chi connectivity index (χ3v) is 3.73. The lowest BCUT2D eigenvalue weighted by molar-refractivity contribution is -0.385. The van der Waals surface area contributed by atoms with Crippen LogP contribution in [-0.2, 0) is 0 Å². The summed E-state index contributed by atoms with van der Waals surface area (Å²) in [5, 5.41) is 11.0. The first-order valence-electron chi connectivity index (χ1n) is 6.78. The number of benzene rings is 1. The van der Waals surface area contributed by atoms with E-state index in [4.69, 9.17) is 15.2 Å². The minimum atomic E-state index is -0.459. The monoisotopic (exact) mass is 280 g/mol. The second-order valence-electron chi connectivity index (χ2n) is 5.30. The summed E-state index contributed by atoms with van der Waals surface area (Å²) in [5.41, 5.74) is 5.83. The number of nitrogens with zero attached hydrogens (tertiary/aromatic N) is 1. The van der Waals surface area contributed by atoms with Gasteiger partial charge in [-0.05, 0) is 18.9 Å². The van der Waals surface area contributed by atoms with Gasteiger partial charge < -0.3 is 15.2 Å². The van der Waals surface area contributed by atoms with Gasteiger partial charge in [-0.2, -0.15) is 0 Å². The van der Waals surface area contributed by atoms with Crippen molar-refractivity contribution in [2.24, 2.45) is 5.73 Å². The molecule has 6 heteroatoms. The average molecular weight is 280 g/mol. The molecule has 0 unspecified atom stereocenters. The normalized spacial score (nSPS) is 17.5. The second kappa shape index (κ2) is 6.09. The molecule has 0 saturated heterocycles. The molecule has 0 spiro atoms. The first kappa shape index (κ1) is 14.6. The van der Waals surface area contributed by atoms with Gasteiger partial charge in [0, 0.05) is 12.1 Å². The summed E-state index contributed by atoms with van der Waals surface area (Å²) in [6, 6.07) is 4.46. The molecular weight excluding hydrogens is 260 g/mol. The van der Waals surface area contributed by atoms with Crippen molar-refractivity contribution in [1.29, 1.82) is 0 Å². The SMILES string of the molecule is COc1ccc([N+](=O)[O-])c(OCC2(N)CCCCC2)c1. The molecule has 0 amide bonds. The third kappa shape index (κ3) is 3.39. The molecule has 1 aromatic rings.